The predicted octanol–water partition coefficient (Wildman–Crippen LogP) is 1.26. The molecule has 29 heavy (non-hydrogen) atoms. The van der Waals surface area contributed by atoms with Gasteiger partial charge in [0.2, 0.25) is 5.91 Å². The molecular formula is C17H17N3O7S2. The van der Waals surface area contributed by atoms with Crippen LogP contribution in [0.3, 0.4) is 0 Å². The quantitative estimate of drug-likeness (QED) is 0.685. The van der Waals surface area contributed by atoms with Gasteiger partial charge in [0, 0.05) is 6.07 Å². The molecule has 0 saturated carbocycles. The number of amides is 1. The highest BCUT2D eigenvalue weighted by Crippen LogP contribution is 2.30. The maximum absolute atomic E-state index is 12.6. The monoisotopic (exact) mass is 439 g/mol. The van der Waals surface area contributed by atoms with E-state index in [1.807, 2.05) is 0 Å². The third-order valence-corrected chi connectivity index (χ3v) is 6.90. The first-order chi connectivity index (χ1) is 13.7. The van der Waals surface area contributed by atoms with E-state index in [4.69, 9.17) is 9.47 Å². The summed E-state index contributed by atoms with van der Waals surface area (Å²) in [6, 6.07) is 8.12. The molecular weight excluding hydrogens is 422 g/mol. The number of carbonyl (C=O) groups is 1. The van der Waals surface area contributed by atoms with Gasteiger partial charge in [-0.15, -0.1) is 4.40 Å². The fourth-order valence-corrected chi connectivity index (χ4v) is 4.81. The van der Waals surface area contributed by atoms with Crippen molar-refractivity contribution in [3.8, 4) is 11.5 Å². The summed E-state index contributed by atoms with van der Waals surface area (Å²) < 4.78 is 62.8. The topological polar surface area (TPSA) is 140 Å². The van der Waals surface area contributed by atoms with Gasteiger partial charge in [0.15, 0.2) is 9.84 Å². The molecule has 1 aliphatic heterocycles. The van der Waals surface area contributed by atoms with Gasteiger partial charge in [-0.3, -0.25) is 4.79 Å². The lowest BCUT2D eigenvalue weighted by Gasteiger charge is -2.14. The number of carbonyl (C=O) groups excluding carboxylic acids is 1. The maximum atomic E-state index is 12.6. The van der Waals surface area contributed by atoms with E-state index in [-0.39, 0.29) is 21.2 Å². The van der Waals surface area contributed by atoms with Crippen LogP contribution in [0, 0.1) is 0 Å². The van der Waals surface area contributed by atoms with Crippen molar-refractivity contribution in [2.24, 2.45) is 4.40 Å². The standard InChI is InChI=1S/C17H17N3O7S2/c1-26-11-3-5-13(15(7-11)27-2)20-17(21)9-28(22,23)12-4-6-14-16(8-12)29(24,25)19-10-18-14/h3-8,10H,9H2,1-2H3,(H,18,19)(H,20,21). The van der Waals surface area contributed by atoms with Crippen LogP contribution in [-0.2, 0) is 24.7 Å². The Morgan fingerprint density at radius 2 is 1.90 bits per heavy atom. The molecule has 0 saturated heterocycles. The highest BCUT2D eigenvalue weighted by molar-refractivity contribution is 7.92. The Balaban J connectivity index is 1.83. The molecule has 1 amide bonds. The Morgan fingerprint density at radius 3 is 2.59 bits per heavy atom. The van der Waals surface area contributed by atoms with Crippen LogP contribution in [0.15, 0.2) is 50.6 Å². The summed E-state index contributed by atoms with van der Waals surface area (Å²) >= 11 is 0. The summed E-state index contributed by atoms with van der Waals surface area (Å²) in [5.74, 6) is -0.916. The Kier molecular flexibility index (Phi) is 5.48. The number of rotatable bonds is 6. The largest absolute Gasteiger partial charge is 0.497 e. The van der Waals surface area contributed by atoms with Crippen molar-refractivity contribution in [3.63, 3.8) is 0 Å². The van der Waals surface area contributed by atoms with E-state index >= 15 is 0 Å². The molecule has 154 valence electrons. The van der Waals surface area contributed by atoms with Gasteiger partial charge in [-0.2, -0.15) is 8.42 Å². The summed E-state index contributed by atoms with van der Waals surface area (Å²) in [5.41, 5.74) is 0.464. The van der Waals surface area contributed by atoms with Crippen LogP contribution in [0.25, 0.3) is 0 Å². The van der Waals surface area contributed by atoms with E-state index < -0.39 is 31.5 Å². The summed E-state index contributed by atoms with van der Waals surface area (Å²) in [5, 5.41) is 5.09. The minimum atomic E-state index is -4.12. The zero-order valence-electron chi connectivity index (χ0n) is 15.4. The van der Waals surface area contributed by atoms with Crippen LogP contribution in [0.5, 0.6) is 11.5 Å². The zero-order chi connectivity index (χ0) is 21.2. The number of sulfonamides is 1. The normalized spacial score (nSPS) is 14.4. The van der Waals surface area contributed by atoms with E-state index in [1.54, 1.807) is 6.07 Å². The van der Waals surface area contributed by atoms with Gasteiger partial charge in [-0.05, 0) is 30.3 Å². The second kappa shape index (κ2) is 7.72. The molecule has 2 N–H and O–H groups in total. The number of anilines is 2. The molecule has 0 aromatic heterocycles. The Labute approximate surface area is 167 Å². The number of benzene rings is 2. The maximum Gasteiger partial charge on any atom is 0.285 e. The van der Waals surface area contributed by atoms with Crippen molar-refractivity contribution < 1.29 is 31.1 Å². The van der Waals surface area contributed by atoms with E-state index in [9.17, 15) is 21.6 Å². The molecule has 0 unspecified atom stereocenters. The first-order valence-electron chi connectivity index (χ1n) is 8.10. The molecule has 0 bridgehead atoms. The fraction of sp³-hybridized carbons (Fsp3) is 0.176. The lowest BCUT2D eigenvalue weighted by molar-refractivity contribution is -0.113. The van der Waals surface area contributed by atoms with Crippen LogP contribution in [-0.4, -0.2) is 49.1 Å². The van der Waals surface area contributed by atoms with Gasteiger partial charge < -0.3 is 20.1 Å². The second-order valence-corrected chi connectivity index (χ2v) is 9.48. The zero-order valence-corrected chi connectivity index (χ0v) is 17.0. The Bertz CT molecular complexity index is 1210. The molecule has 1 heterocycles. The SMILES string of the molecule is COc1ccc(NC(=O)CS(=O)(=O)c2ccc3c(c2)S(=O)(=O)N=CN3)c(OC)c1. The fourth-order valence-electron chi connectivity index (χ4n) is 2.59. The number of nitrogens with zero attached hydrogens (tertiary/aromatic N) is 1. The number of nitrogens with one attached hydrogen (secondary N) is 2. The van der Waals surface area contributed by atoms with Crippen LogP contribution in [0.2, 0.25) is 0 Å². The molecule has 3 rings (SSSR count). The van der Waals surface area contributed by atoms with E-state index in [2.05, 4.69) is 15.0 Å². The Morgan fingerprint density at radius 1 is 1.14 bits per heavy atom. The van der Waals surface area contributed by atoms with Crippen molar-refractivity contribution in [1.29, 1.82) is 0 Å². The number of fused-ring (bicyclic) bond motifs is 1. The molecule has 0 radical (unpaired) electrons. The molecule has 12 heteroatoms. The molecule has 1 aliphatic rings. The van der Waals surface area contributed by atoms with Crippen molar-refractivity contribution in [1.82, 2.24) is 0 Å². The summed E-state index contributed by atoms with van der Waals surface area (Å²) in [7, 11) is -5.26. The molecule has 2 aromatic rings. The van der Waals surface area contributed by atoms with Crippen LogP contribution in [0.1, 0.15) is 0 Å². The minimum Gasteiger partial charge on any atom is -0.497 e. The third-order valence-electron chi connectivity index (χ3n) is 4.01. The number of sulfone groups is 1. The lowest BCUT2D eigenvalue weighted by atomic mass is 10.2. The van der Waals surface area contributed by atoms with Crippen molar-refractivity contribution in [2.75, 3.05) is 30.6 Å². The molecule has 0 aliphatic carbocycles. The summed E-state index contributed by atoms with van der Waals surface area (Å²) in [4.78, 5) is 11.7. The molecule has 0 spiro atoms. The highest BCUT2D eigenvalue weighted by atomic mass is 32.2. The number of methoxy groups -OCH3 is 2. The van der Waals surface area contributed by atoms with Gasteiger partial charge in [0.25, 0.3) is 10.0 Å². The van der Waals surface area contributed by atoms with Gasteiger partial charge in [0.05, 0.1) is 30.5 Å². The lowest BCUT2D eigenvalue weighted by Crippen LogP contribution is -2.23. The molecule has 0 fully saturated rings. The number of hydrogen-bond acceptors (Lipinski definition) is 8. The van der Waals surface area contributed by atoms with Gasteiger partial charge in [-0.1, -0.05) is 0 Å². The van der Waals surface area contributed by atoms with E-state index in [0.717, 1.165) is 12.4 Å². The van der Waals surface area contributed by atoms with E-state index in [1.165, 1.54) is 38.5 Å². The van der Waals surface area contributed by atoms with Gasteiger partial charge >= 0.3 is 0 Å². The predicted molar refractivity (Wildman–Crippen MR) is 106 cm³/mol. The van der Waals surface area contributed by atoms with Crippen molar-refractivity contribution in [2.45, 2.75) is 9.79 Å². The van der Waals surface area contributed by atoms with E-state index in [0.29, 0.717) is 11.5 Å². The van der Waals surface area contributed by atoms with Crippen molar-refractivity contribution in [3.05, 3.63) is 36.4 Å². The average Bonchev–Trinajstić information content (AvgIpc) is 2.67. The van der Waals surface area contributed by atoms with Crippen molar-refractivity contribution >= 4 is 43.5 Å². The first kappa shape index (κ1) is 20.6. The molecule has 0 atom stereocenters. The highest BCUT2D eigenvalue weighted by Gasteiger charge is 2.26. The number of ether oxygens (including phenoxy) is 2. The average molecular weight is 439 g/mol. The molecule has 10 nitrogen and oxygen atoms in total. The summed E-state index contributed by atoms with van der Waals surface area (Å²) in [6.07, 6.45) is 1.00. The van der Waals surface area contributed by atoms with Crippen LogP contribution in [0.4, 0.5) is 11.4 Å². The minimum absolute atomic E-state index is 0.200. The van der Waals surface area contributed by atoms with Gasteiger partial charge in [0.1, 0.15) is 28.5 Å². The number of hydrogen-bond donors (Lipinski definition) is 2. The summed E-state index contributed by atoms with van der Waals surface area (Å²) in [6.45, 7) is 0. The second-order valence-electron chi connectivity index (χ2n) is 5.89. The molecule has 2 aromatic carbocycles. The first-order valence-corrected chi connectivity index (χ1v) is 11.2. The Hall–Kier alpha value is -3.12. The van der Waals surface area contributed by atoms with Crippen LogP contribution < -0.4 is 20.1 Å². The van der Waals surface area contributed by atoms with Gasteiger partial charge in [-0.25, -0.2) is 8.42 Å². The third kappa shape index (κ3) is 4.32. The van der Waals surface area contributed by atoms with Crippen LogP contribution >= 0.6 is 0 Å². The smallest absolute Gasteiger partial charge is 0.285 e.